The summed E-state index contributed by atoms with van der Waals surface area (Å²) in [7, 11) is 0. The smallest absolute Gasteiger partial charge is 0.343 e. The van der Waals surface area contributed by atoms with Crippen LogP contribution in [0.15, 0.2) is 115 Å². The number of Topliss-reactive ketones (excluding diaryl/α,β-unsaturated/α-hetero) is 1. The number of hydrogen-bond donors (Lipinski definition) is 0. The SMILES string of the molecule is C=C(C)C(=O)CCOc1ccc2cc(C(=O)Oc3ccc(OC(=O)c4ccc5cc(OCCCCCCOC(=O)C(=C)C)ccc5c4)cc3OCC)ccc2c1. The Morgan fingerprint density at radius 2 is 1.05 bits per heavy atom. The molecule has 0 saturated heterocycles. The molecule has 0 radical (unpaired) electrons. The van der Waals surface area contributed by atoms with E-state index in [9.17, 15) is 19.2 Å². The minimum atomic E-state index is -0.586. The topological polar surface area (TPSA) is 124 Å². The molecule has 0 aromatic heterocycles. The molecule has 0 spiro atoms. The number of carbonyl (C=O) groups excluding carboxylic acids is 4. The summed E-state index contributed by atoms with van der Waals surface area (Å²) in [6.07, 6.45) is 3.81. The lowest BCUT2D eigenvalue weighted by Crippen LogP contribution is -2.11. The van der Waals surface area contributed by atoms with E-state index in [0.717, 1.165) is 53.0 Å². The van der Waals surface area contributed by atoms with Crippen LogP contribution in [0.2, 0.25) is 0 Å². The third-order valence-corrected chi connectivity index (χ3v) is 8.69. The van der Waals surface area contributed by atoms with Gasteiger partial charge in [-0.2, -0.15) is 0 Å². The largest absolute Gasteiger partial charge is 0.494 e. The van der Waals surface area contributed by atoms with Crippen LogP contribution in [0.25, 0.3) is 21.5 Å². The Balaban J connectivity index is 1.14. The second kappa shape index (κ2) is 19.8. The van der Waals surface area contributed by atoms with Crippen LogP contribution in [0.5, 0.6) is 28.7 Å². The van der Waals surface area contributed by atoms with Crippen LogP contribution >= 0.6 is 0 Å². The molecule has 0 atom stereocenters. The van der Waals surface area contributed by atoms with Gasteiger partial charge in [0.25, 0.3) is 0 Å². The molecule has 5 rings (SSSR count). The van der Waals surface area contributed by atoms with Crippen molar-refractivity contribution in [2.45, 2.75) is 52.9 Å². The van der Waals surface area contributed by atoms with E-state index in [0.29, 0.717) is 41.2 Å². The van der Waals surface area contributed by atoms with E-state index in [-0.39, 0.29) is 48.6 Å². The lowest BCUT2D eigenvalue weighted by molar-refractivity contribution is -0.139. The first-order valence-corrected chi connectivity index (χ1v) is 18.6. The minimum Gasteiger partial charge on any atom is -0.494 e. The third-order valence-electron chi connectivity index (χ3n) is 8.69. The van der Waals surface area contributed by atoms with E-state index in [1.54, 1.807) is 57.2 Å². The van der Waals surface area contributed by atoms with Gasteiger partial charge in [-0.1, -0.05) is 37.4 Å². The van der Waals surface area contributed by atoms with E-state index in [1.807, 2.05) is 36.4 Å². The molecular weight excluding hydrogens is 712 g/mol. The standard InChI is InChI=1S/C46H46O10/c1-6-51-43-29-40(19-20-42(43)56-46(50)37-14-12-35-28-39(18-16-33(35)26-37)53-24-21-41(47)30(2)3)55-45(49)36-13-11-34-27-38(17-15-32(34)25-36)52-22-9-7-8-10-23-54-44(48)31(4)5/h11-20,25-29H,2,4,6-10,21-24H2,1,3,5H3. The molecule has 5 aromatic carbocycles. The number of hydrogen-bond acceptors (Lipinski definition) is 10. The monoisotopic (exact) mass is 758 g/mol. The van der Waals surface area contributed by atoms with Crippen LogP contribution in [0.1, 0.15) is 73.6 Å². The van der Waals surface area contributed by atoms with Gasteiger partial charge in [-0.15, -0.1) is 0 Å². The Morgan fingerprint density at radius 1 is 0.518 bits per heavy atom. The highest BCUT2D eigenvalue weighted by atomic mass is 16.6. The van der Waals surface area contributed by atoms with Gasteiger partial charge >= 0.3 is 17.9 Å². The highest BCUT2D eigenvalue weighted by molar-refractivity contribution is 5.98. The maximum absolute atomic E-state index is 13.2. The molecule has 56 heavy (non-hydrogen) atoms. The summed E-state index contributed by atoms with van der Waals surface area (Å²) < 4.78 is 33.9. The second-order valence-corrected chi connectivity index (χ2v) is 13.2. The Kier molecular flexibility index (Phi) is 14.4. The molecular formula is C46H46O10. The molecule has 0 saturated carbocycles. The fourth-order valence-corrected chi connectivity index (χ4v) is 5.62. The van der Waals surface area contributed by atoms with E-state index < -0.39 is 11.9 Å². The summed E-state index contributed by atoms with van der Waals surface area (Å²) >= 11 is 0. The van der Waals surface area contributed by atoms with Crippen molar-refractivity contribution in [1.82, 2.24) is 0 Å². The lowest BCUT2D eigenvalue weighted by Gasteiger charge is -2.13. The zero-order valence-corrected chi connectivity index (χ0v) is 32.0. The molecule has 0 bridgehead atoms. The zero-order valence-electron chi connectivity index (χ0n) is 32.0. The van der Waals surface area contributed by atoms with Gasteiger partial charge in [0.1, 0.15) is 17.2 Å². The number of benzene rings is 5. The first kappa shape index (κ1) is 40.8. The van der Waals surface area contributed by atoms with Crippen LogP contribution < -0.4 is 23.7 Å². The molecule has 0 N–H and O–H groups in total. The molecule has 0 unspecified atom stereocenters. The van der Waals surface area contributed by atoms with Crippen molar-refractivity contribution < 1.29 is 47.6 Å². The van der Waals surface area contributed by atoms with E-state index >= 15 is 0 Å². The Morgan fingerprint density at radius 3 is 1.64 bits per heavy atom. The van der Waals surface area contributed by atoms with Gasteiger partial charge < -0.3 is 28.4 Å². The number of allylic oxidation sites excluding steroid dienone is 1. The fraction of sp³-hybridized carbons (Fsp3) is 0.261. The van der Waals surface area contributed by atoms with Crippen molar-refractivity contribution in [3.8, 4) is 28.7 Å². The van der Waals surface area contributed by atoms with Gasteiger partial charge in [0, 0.05) is 18.1 Å². The number of rotatable bonds is 20. The summed E-state index contributed by atoms with van der Waals surface area (Å²) in [5.74, 6) is 0.452. The summed E-state index contributed by atoms with van der Waals surface area (Å²) in [5, 5.41) is 3.42. The van der Waals surface area contributed by atoms with E-state index in [1.165, 1.54) is 18.2 Å². The second-order valence-electron chi connectivity index (χ2n) is 13.2. The van der Waals surface area contributed by atoms with Gasteiger partial charge in [-0.3, -0.25) is 4.79 Å². The van der Waals surface area contributed by atoms with Gasteiger partial charge in [-0.05, 0) is 134 Å². The average Bonchev–Trinajstić information content (AvgIpc) is 3.19. The molecule has 0 aliphatic rings. The zero-order chi connectivity index (χ0) is 40.0. The fourth-order valence-electron chi connectivity index (χ4n) is 5.62. The molecule has 10 nitrogen and oxygen atoms in total. The number of ketones is 1. The molecule has 0 aliphatic heterocycles. The van der Waals surface area contributed by atoms with E-state index in [2.05, 4.69) is 13.2 Å². The number of fused-ring (bicyclic) bond motifs is 2. The highest BCUT2D eigenvalue weighted by Crippen LogP contribution is 2.33. The Labute approximate surface area is 326 Å². The van der Waals surface area contributed by atoms with Crippen molar-refractivity contribution in [1.29, 1.82) is 0 Å². The maximum atomic E-state index is 13.2. The van der Waals surface area contributed by atoms with Gasteiger partial charge in [0.2, 0.25) is 0 Å². The predicted molar refractivity (Wildman–Crippen MR) is 215 cm³/mol. The van der Waals surface area contributed by atoms with Crippen molar-refractivity contribution >= 4 is 45.2 Å². The number of unbranched alkanes of at least 4 members (excludes halogenated alkanes) is 3. The number of ether oxygens (including phenoxy) is 6. The molecule has 0 amide bonds. The van der Waals surface area contributed by atoms with Gasteiger partial charge in [0.15, 0.2) is 17.3 Å². The average molecular weight is 759 g/mol. The predicted octanol–water partition coefficient (Wildman–Crippen LogP) is 9.80. The van der Waals surface area contributed by atoms with Crippen LogP contribution in [-0.2, 0) is 14.3 Å². The molecule has 10 heteroatoms. The summed E-state index contributed by atoms with van der Waals surface area (Å²) in [6, 6.07) is 26.2. The summed E-state index contributed by atoms with van der Waals surface area (Å²) in [6.45, 7) is 13.8. The molecule has 0 heterocycles. The molecule has 5 aromatic rings. The van der Waals surface area contributed by atoms with Crippen molar-refractivity contribution in [3.63, 3.8) is 0 Å². The van der Waals surface area contributed by atoms with Crippen LogP contribution in [-0.4, -0.2) is 50.1 Å². The first-order valence-electron chi connectivity index (χ1n) is 18.6. The highest BCUT2D eigenvalue weighted by Gasteiger charge is 2.17. The van der Waals surface area contributed by atoms with Crippen molar-refractivity contribution in [2.24, 2.45) is 0 Å². The van der Waals surface area contributed by atoms with Crippen molar-refractivity contribution in [3.05, 3.63) is 126 Å². The van der Waals surface area contributed by atoms with Crippen LogP contribution in [0, 0.1) is 0 Å². The molecule has 290 valence electrons. The third kappa shape index (κ3) is 11.5. The van der Waals surface area contributed by atoms with E-state index in [4.69, 9.17) is 28.4 Å². The quantitative estimate of drug-likeness (QED) is 0.0328. The molecule has 0 aliphatic carbocycles. The molecule has 0 fully saturated rings. The first-order chi connectivity index (χ1) is 27.0. The maximum Gasteiger partial charge on any atom is 0.343 e. The van der Waals surface area contributed by atoms with Gasteiger partial charge in [0.05, 0.1) is 37.6 Å². The van der Waals surface area contributed by atoms with Crippen LogP contribution in [0.4, 0.5) is 0 Å². The Bertz CT molecular complexity index is 2250. The Hall–Kier alpha value is -6.42. The summed E-state index contributed by atoms with van der Waals surface area (Å²) in [4.78, 5) is 49.6. The normalized spacial score (nSPS) is 10.8. The number of carbonyl (C=O) groups is 4. The number of esters is 3. The minimum absolute atomic E-state index is 0.0430. The lowest BCUT2D eigenvalue weighted by atomic mass is 10.1. The van der Waals surface area contributed by atoms with Gasteiger partial charge in [-0.25, -0.2) is 14.4 Å². The summed E-state index contributed by atoms with van der Waals surface area (Å²) in [5.41, 5.74) is 1.60. The van der Waals surface area contributed by atoms with Crippen LogP contribution in [0.3, 0.4) is 0 Å². The van der Waals surface area contributed by atoms with Crippen molar-refractivity contribution in [2.75, 3.05) is 26.4 Å².